The zero-order valence-electron chi connectivity index (χ0n) is 18.8. The number of Topliss-reactive ketones (excluding diaryl/α,β-unsaturated/α-hetero) is 1. The number of ether oxygens (including phenoxy) is 3. The van der Waals surface area contributed by atoms with Crippen molar-refractivity contribution >= 4 is 17.7 Å². The molecule has 0 spiro atoms. The molecule has 2 N–H and O–H groups in total. The van der Waals surface area contributed by atoms with Gasteiger partial charge in [-0.2, -0.15) is 4.68 Å². The second-order valence-electron chi connectivity index (χ2n) is 7.20. The molecule has 2 heterocycles. The summed E-state index contributed by atoms with van der Waals surface area (Å²) < 4.78 is 17.3. The van der Waals surface area contributed by atoms with E-state index in [2.05, 4.69) is 20.8 Å². The van der Waals surface area contributed by atoms with Crippen LogP contribution in [0.1, 0.15) is 35.8 Å². The topological polar surface area (TPSA) is 138 Å². The van der Waals surface area contributed by atoms with Crippen molar-refractivity contribution in [3.05, 3.63) is 64.9 Å². The van der Waals surface area contributed by atoms with Gasteiger partial charge < -0.3 is 24.6 Å². The SMILES string of the molecule is CCOc1ccc(C(=O)C2=C(C(=O)OC)Nc3nnnn3[C@@H]2c2ccc(O)c(OCC)c2)cc1. The monoisotopic (exact) mass is 465 g/mol. The highest BCUT2D eigenvalue weighted by Gasteiger charge is 2.38. The number of nitrogens with one attached hydrogen (secondary N) is 1. The van der Waals surface area contributed by atoms with Crippen LogP contribution in [0.15, 0.2) is 53.7 Å². The Kier molecular flexibility index (Phi) is 6.44. The number of rotatable bonds is 8. The Labute approximate surface area is 194 Å². The molecule has 0 unspecified atom stereocenters. The molecule has 0 aliphatic carbocycles. The number of aromatic nitrogens is 4. The maximum Gasteiger partial charge on any atom is 0.355 e. The fraction of sp³-hybridized carbons (Fsp3) is 0.261. The number of esters is 1. The van der Waals surface area contributed by atoms with Crippen molar-refractivity contribution < 1.29 is 28.9 Å². The molecule has 1 aliphatic heterocycles. The number of methoxy groups -OCH3 is 1. The number of aromatic hydroxyl groups is 1. The van der Waals surface area contributed by atoms with Crippen LogP contribution in [0.3, 0.4) is 0 Å². The molecular weight excluding hydrogens is 442 g/mol. The summed E-state index contributed by atoms with van der Waals surface area (Å²) in [6, 6.07) is 10.3. The first-order valence-corrected chi connectivity index (χ1v) is 10.6. The van der Waals surface area contributed by atoms with Crippen LogP contribution in [0.25, 0.3) is 0 Å². The van der Waals surface area contributed by atoms with E-state index in [1.807, 2.05) is 6.92 Å². The van der Waals surface area contributed by atoms with E-state index in [9.17, 15) is 14.7 Å². The standard InChI is InChI=1S/C23H23N5O6/c1-4-33-15-9-6-13(7-10-15)21(30)18-19(22(31)32-3)24-23-25-26-27-28(23)20(18)14-8-11-16(29)17(12-14)34-5-2/h6-12,20,29H,4-5H2,1-3H3,(H,24,25,27)/t20-/m1/s1. The van der Waals surface area contributed by atoms with Crippen LogP contribution in [0, 0.1) is 0 Å². The van der Waals surface area contributed by atoms with Gasteiger partial charge in [0, 0.05) is 5.56 Å². The van der Waals surface area contributed by atoms with Gasteiger partial charge in [0.1, 0.15) is 17.5 Å². The minimum Gasteiger partial charge on any atom is -0.504 e. The highest BCUT2D eigenvalue weighted by atomic mass is 16.5. The quantitative estimate of drug-likeness (QED) is 0.377. The summed E-state index contributed by atoms with van der Waals surface area (Å²) in [5.74, 6) is -0.263. The average molecular weight is 465 g/mol. The number of ketones is 1. The molecule has 0 saturated carbocycles. The third-order valence-electron chi connectivity index (χ3n) is 5.18. The molecule has 3 aromatic rings. The summed E-state index contributed by atoms with van der Waals surface area (Å²) >= 11 is 0. The van der Waals surface area contributed by atoms with Crippen molar-refractivity contribution in [2.45, 2.75) is 19.9 Å². The molecule has 1 aliphatic rings. The summed E-state index contributed by atoms with van der Waals surface area (Å²) in [5.41, 5.74) is 0.836. The zero-order valence-corrected chi connectivity index (χ0v) is 18.8. The summed E-state index contributed by atoms with van der Waals surface area (Å²) in [6.07, 6.45) is 0. The van der Waals surface area contributed by atoms with Gasteiger partial charge in [0.25, 0.3) is 0 Å². The lowest BCUT2D eigenvalue weighted by atomic mass is 9.89. The Hall–Kier alpha value is -4.41. The lowest BCUT2D eigenvalue weighted by molar-refractivity contribution is -0.136. The molecule has 0 radical (unpaired) electrons. The van der Waals surface area contributed by atoms with Crippen molar-refractivity contribution in [3.63, 3.8) is 0 Å². The number of hydrogen-bond acceptors (Lipinski definition) is 10. The van der Waals surface area contributed by atoms with E-state index >= 15 is 0 Å². The number of phenols is 1. The van der Waals surface area contributed by atoms with E-state index in [1.54, 1.807) is 43.3 Å². The first-order valence-electron chi connectivity index (χ1n) is 10.6. The smallest absolute Gasteiger partial charge is 0.355 e. The van der Waals surface area contributed by atoms with Gasteiger partial charge in [0.2, 0.25) is 5.95 Å². The van der Waals surface area contributed by atoms with E-state index in [0.717, 1.165) is 0 Å². The number of hydrogen-bond donors (Lipinski definition) is 2. The maximum atomic E-state index is 13.8. The maximum absolute atomic E-state index is 13.8. The molecule has 34 heavy (non-hydrogen) atoms. The predicted molar refractivity (Wildman–Crippen MR) is 120 cm³/mol. The molecule has 0 amide bonds. The van der Waals surface area contributed by atoms with Crippen molar-refractivity contribution in [2.24, 2.45) is 0 Å². The van der Waals surface area contributed by atoms with E-state index in [4.69, 9.17) is 14.2 Å². The van der Waals surface area contributed by atoms with E-state index in [1.165, 1.54) is 17.9 Å². The first-order chi connectivity index (χ1) is 16.5. The van der Waals surface area contributed by atoms with Crippen LogP contribution in [0.5, 0.6) is 17.2 Å². The second kappa shape index (κ2) is 9.61. The van der Waals surface area contributed by atoms with Gasteiger partial charge in [-0.15, -0.1) is 0 Å². The van der Waals surface area contributed by atoms with Gasteiger partial charge in [-0.05, 0) is 66.2 Å². The number of carbonyl (C=O) groups excluding carboxylic acids is 2. The molecule has 11 nitrogen and oxygen atoms in total. The molecule has 0 saturated heterocycles. The van der Waals surface area contributed by atoms with Gasteiger partial charge in [-0.1, -0.05) is 11.2 Å². The van der Waals surface area contributed by atoms with Crippen molar-refractivity contribution in [1.82, 2.24) is 20.2 Å². The van der Waals surface area contributed by atoms with Crippen molar-refractivity contribution in [2.75, 3.05) is 25.6 Å². The molecule has 11 heteroatoms. The number of nitrogens with zero attached hydrogens (tertiary/aromatic N) is 4. The Bertz CT molecular complexity index is 1250. The van der Waals surface area contributed by atoms with Crippen LogP contribution >= 0.6 is 0 Å². The van der Waals surface area contributed by atoms with Crippen molar-refractivity contribution in [1.29, 1.82) is 0 Å². The zero-order chi connectivity index (χ0) is 24.2. The van der Waals surface area contributed by atoms with Crippen molar-refractivity contribution in [3.8, 4) is 17.2 Å². The fourth-order valence-electron chi connectivity index (χ4n) is 3.69. The van der Waals surface area contributed by atoms with Crippen LogP contribution in [-0.4, -0.2) is 57.4 Å². The summed E-state index contributed by atoms with van der Waals surface area (Å²) in [7, 11) is 1.22. The third kappa shape index (κ3) is 4.15. The second-order valence-corrected chi connectivity index (χ2v) is 7.20. The minimum atomic E-state index is -0.903. The molecular formula is C23H23N5O6. The van der Waals surface area contributed by atoms with Crippen LogP contribution in [-0.2, 0) is 9.53 Å². The molecule has 1 atom stereocenters. The number of benzene rings is 2. The van der Waals surface area contributed by atoms with Crippen LogP contribution < -0.4 is 14.8 Å². The number of fused-ring (bicyclic) bond motifs is 1. The third-order valence-corrected chi connectivity index (χ3v) is 5.18. The molecule has 2 aromatic carbocycles. The molecule has 0 fully saturated rings. The van der Waals surface area contributed by atoms with Gasteiger partial charge >= 0.3 is 5.97 Å². The van der Waals surface area contributed by atoms with Gasteiger partial charge in [-0.25, -0.2) is 4.79 Å². The van der Waals surface area contributed by atoms with Crippen LogP contribution in [0.4, 0.5) is 5.95 Å². The van der Waals surface area contributed by atoms with Gasteiger partial charge in [0.15, 0.2) is 17.3 Å². The number of phenolic OH excluding ortho intramolecular Hbond substituents is 1. The molecule has 1 aromatic heterocycles. The molecule has 176 valence electrons. The molecule has 4 rings (SSSR count). The highest BCUT2D eigenvalue weighted by Crippen LogP contribution is 2.39. The molecule has 0 bridgehead atoms. The predicted octanol–water partition coefficient (Wildman–Crippen LogP) is 2.50. The minimum absolute atomic E-state index is 0.0620. The summed E-state index contributed by atoms with van der Waals surface area (Å²) in [6.45, 7) is 4.46. The fourth-order valence-corrected chi connectivity index (χ4v) is 3.69. The Morgan fingerprint density at radius 3 is 2.50 bits per heavy atom. The lowest BCUT2D eigenvalue weighted by Gasteiger charge is -2.28. The Balaban J connectivity index is 1.89. The summed E-state index contributed by atoms with van der Waals surface area (Å²) in [5, 5.41) is 24.6. The number of anilines is 1. The van der Waals surface area contributed by atoms with Crippen LogP contribution in [0.2, 0.25) is 0 Å². The first kappa shape index (κ1) is 22.8. The lowest BCUT2D eigenvalue weighted by Crippen LogP contribution is -2.33. The highest BCUT2D eigenvalue weighted by molar-refractivity contribution is 6.15. The van der Waals surface area contributed by atoms with E-state index in [-0.39, 0.29) is 28.7 Å². The van der Waals surface area contributed by atoms with E-state index < -0.39 is 17.8 Å². The number of tetrazole rings is 1. The normalized spacial score (nSPS) is 14.7. The Morgan fingerprint density at radius 1 is 1.09 bits per heavy atom. The van der Waals surface area contributed by atoms with E-state index in [0.29, 0.717) is 30.1 Å². The van der Waals surface area contributed by atoms with Gasteiger partial charge in [-0.3, -0.25) is 4.79 Å². The largest absolute Gasteiger partial charge is 0.504 e. The summed E-state index contributed by atoms with van der Waals surface area (Å²) in [4.78, 5) is 26.5. The number of carbonyl (C=O) groups is 2. The average Bonchev–Trinajstić information content (AvgIpc) is 3.32. The Morgan fingerprint density at radius 2 is 1.82 bits per heavy atom. The van der Waals surface area contributed by atoms with Gasteiger partial charge in [0.05, 0.1) is 25.9 Å². The number of allylic oxidation sites excluding steroid dienone is 1.